The molecular formula is C6H12N4. The number of rotatable bonds is 3. The van der Waals surface area contributed by atoms with E-state index >= 15 is 0 Å². The van der Waals surface area contributed by atoms with Gasteiger partial charge in [0.25, 0.3) is 0 Å². The standard InChI is InChI=1S/C6H12N4/c1-3-5(4-2)6-7-9-10-8-6/h5H,3-4H2,1-2H3,(H,7,8,9,10). The molecule has 10 heavy (non-hydrogen) atoms. The van der Waals surface area contributed by atoms with Crippen LogP contribution in [0.25, 0.3) is 0 Å². The van der Waals surface area contributed by atoms with Crippen molar-refractivity contribution in [3.05, 3.63) is 5.82 Å². The van der Waals surface area contributed by atoms with Crippen molar-refractivity contribution >= 4 is 0 Å². The van der Waals surface area contributed by atoms with E-state index < -0.39 is 0 Å². The van der Waals surface area contributed by atoms with Crippen LogP contribution in [0, 0.1) is 0 Å². The van der Waals surface area contributed by atoms with Gasteiger partial charge in [0, 0.05) is 5.92 Å². The quantitative estimate of drug-likeness (QED) is 0.684. The fourth-order valence-electron chi connectivity index (χ4n) is 0.996. The highest BCUT2D eigenvalue weighted by atomic mass is 15.5. The van der Waals surface area contributed by atoms with Crippen LogP contribution >= 0.6 is 0 Å². The molecule has 0 aliphatic heterocycles. The van der Waals surface area contributed by atoms with E-state index in [9.17, 15) is 0 Å². The van der Waals surface area contributed by atoms with Crippen LogP contribution in [0.4, 0.5) is 0 Å². The van der Waals surface area contributed by atoms with Crippen LogP contribution in [0.5, 0.6) is 0 Å². The molecule has 0 aliphatic carbocycles. The van der Waals surface area contributed by atoms with Crippen molar-refractivity contribution in [1.29, 1.82) is 0 Å². The normalized spacial score (nSPS) is 10.7. The van der Waals surface area contributed by atoms with Gasteiger partial charge in [0.2, 0.25) is 0 Å². The highest BCUT2D eigenvalue weighted by molar-refractivity contribution is 4.88. The second-order valence-corrected chi connectivity index (χ2v) is 2.28. The van der Waals surface area contributed by atoms with Crippen LogP contribution in [-0.4, -0.2) is 20.6 Å². The molecule has 56 valence electrons. The molecule has 1 N–H and O–H groups in total. The molecule has 4 heteroatoms. The van der Waals surface area contributed by atoms with Crippen LogP contribution in [0.2, 0.25) is 0 Å². The van der Waals surface area contributed by atoms with Crippen molar-refractivity contribution < 1.29 is 0 Å². The molecule has 0 aromatic carbocycles. The molecule has 0 aliphatic rings. The average Bonchev–Trinajstić information content (AvgIpc) is 2.43. The van der Waals surface area contributed by atoms with Gasteiger partial charge in [0.05, 0.1) is 0 Å². The Hall–Kier alpha value is -0.930. The van der Waals surface area contributed by atoms with Gasteiger partial charge in [0.1, 0.15) is 0 Å². The molecule has 0 atom stereocenters. The van der Waals surface area contributed by atoms with Gasteiger partial charge >= 0.3 is 0 Å². The second kappa shape index (κ2) is 3.29. The van der Waals surface area contributed by atoms with Gasteiger partial charge in [0.15, 0.2) is 5.82 Å². The minimum atomic E-state index is 0.471. The first-order valence-electron chi connectivity index (χ1n) is 3.61. The lowest BCUT2D eigenvalue weighted by Crippen LogP contribution is -1.97. The van der Waals surface area contributed by atoms with E-state index in [1.54, 1.807) is 0 Å². The third kappa shape index (κ3) is 1.32. The van der Waals surface area contributed by atoms with Crippen LogP contribution in [-0.2, 0) is 0 Å². The van der Waals surface area contributed by atoms with Gasteiger partial charge in [-0.2, -0.15) is 5.21 Å². The lowest BCUT2D eigenvalue weighted by molar-refractivity contribution is 0.603. The highest BCUT2D eigenvalue weighted by Gasteiger charge is 2.10. The Morgan fingerprint density at radius 3 is 2.50 bits per heavy atom. The Kier molecular flexibility index (Phi) is 2.36. The summed E-state index contributed by atoms with van der Waals surface area (Å²) in [5.74, 6) is 1.31. The first-order chi connectivity index (χ1) is 4.88. The average molecular weight is 140 g/mol. The van der Waals surface area contributed by atoms with E-state index in [-0.39, 0.29) is 0 Å². The van der Waals surface area contributed by atoms with Gasteiger partial charge in [-0.15, -0.1) is 10.2 Å². The number of tetrazole rings is 1. The number of aromatic amines is 1. The maximum atomic E-state index is 3.91. The highest BCUT2D eigenvalue weighted by Crippen LogP contribution is 2.16. The smallest absolute Gasteiger partial charge is 0.177 e. The maximum Gasteiger partial charge on any atom is 0.177 e. The van der Waals surface area contributed by atoms with E-state index in [0.717, 1.165) is 18.7 Å². The summed E-state index contributed by atoms with van der Waals surface area (Å²) in [6.07, 6.45) is 2.16. The van der Waals surface area contributed by atoms with Gasteiger partial charge in [-0.3, -0.25) is 0 Å². The molecule has 0 amide bonds. The molecule has 1 aromatic heterocycles. The van der Waals surface area contributed by atoms with Gasteiger partial charge in [-0.1, -0.05) is 19.1 Å². The molecule has 1 heterocycles. The monoisotopic (exact) mass is 140 g/mol. The van der Waals surface area contributed by atoms with E-state index in [0.29, 0.717) is 5.92 Å². The van der Waals surface area contributed by atoms with Crippen LogP contribution in [0.15, 0.2) is 0 Å². The molecule has 0 unspecified atom stereocenters. The zero-order chi connectivity index (χ0) is 7.40. The second-order valence-electron chi connectivity index (χ2n) is 2.28. The van der Waals surface area contributed by atoms with Crippen molar-refractivity contribution in [3.63, 3.8) is 0 Å². The van der Waals surface area contributed by atoms with Crippen LogP contribution < -0.4 is 0 Å². The predicted octanol–water partition coefficient (Wildman–Crippen LogP) is 1.10. The minimum Gasteiger partial charge on any atom is -0.177 e. The Morgan fingerprint density at radius 1 is 1.40 bits per heavy atom. The Morgan fingerprint density at radius 2 is 2.10 bits per heavy atom. The third-order valence-electron chi connectivity index (χ3n) is 1.71. The minimum absolute atomic E-state index is 0.471. The largest absolute Gasteiger partial charge is 0.177 e. The van der Waals surface area contributed by atoms with Crippen LogP contribution in [0.3, 0.4) is 0 Å². The lowest BCUT2D eigenvalue weighted by atomic mass is 10.0. The van der Waals surface area contributed by atoms with Gasteiger partial charge in [-0.25, -0.2) is 0 Å². The van der Waals surface area contributed by atoms with Crippen molar-refractivity contribution in [2.45, 2.75) is 32.6 Å². The Bertz CT molecular complexity index is 166. The molecule has 1 aromatic rings. The maximum absolute atomic E-state index is 3.91. The van der Waals surface area contributed by atoms with Crippen molar-refractivity contribution in [3.8, 4) is 0 Å². The molecule has 0 spiro atoms. The first-order valence-corrected chi connectivity index (χ1v) is 3.61. The molecule has 0 bridgehead atoms. The molecule has 0 radical (unpaired) electrons. The zero-order valence-electron chi connectivity index (χ0n) is 6.33. The van der Waals surface area contributed by atoms with E-state index in [1.807, 2.05) is 0 Å². The first kappa shape index (κ1) is 7.18. The molecule has 0 saturated carbocycles. The van der Waals surface area contributed by atoms with Gasteiger partial charge < -0.3 is 0 Å². The van der Waals surface area contributed by atoms with Crippen molar-refractivity contribution in [1.82, 2.24) is 20.6 Å². The summed E-state index contributed by atoms with van der Waals surface area (Å²) >= 11 is 0. The molecule has 0 fully saturated rings. The van der Waals surface area contributed by atoms with Crippen molar-refractivity contribution in [2.75, 3.05) is 0 Å². The summed E-state index contributed by atoms with van der Waals surface area (Å²) in [6, 6.07) is 0. The molecule has 4 nitrogen and oxygen atoms in total. The molecule has 0 saturated heterocycles. The number of nitrogens with one attached hydrogen (secondary N) is 1. The van der Waals surface area contributed by atoms with E-state index in [1.165, 1.54) is 0 Å². The summed E-state index contributed by atoms with van der Waals surface area (Å²) in [5, 5.41) is 13.8. The molecular weight excluding hydrogens is 128 g/mol. The lowest BCUT2D eigenvalue weighted by Gasteiger charge is -2.03. The summed E-state index contributed by atoms with van der Waals surface area (Å²) in [5.41, 5.74) is 0. The SMILES string of the molecule is CCC(CC)c1nn[nH]n1. The van der Waals surface area contributed by atoms with Crippen molar-refractivity contribution in [2.24, 2.45) is 0 Å². The fraction of sp³-hybridized carbons (Fsp3) is 0.833. The van der Waals surface area contributed by atoms with Gasteiger partial charge in [-0.05, 0) is 12.8 Å². The predicted molar refractivity (Wildman–Crippen MR) is 37.5 cm³/mol. The summed E-state index contributed by atoms with van der Waals surface area (Å²) in [4.78, 5) is 0. The number of hydrogen-bond acceptors (Lipinski definition) is 3. The topological polar surface area (TPSA) is 54.5 Å². The Balaban J connectivity index is 2.64. The summed E-state index contributed by atoms with van der Waals surface area (Å²) < 4.78 is 0. The number of aromatic nitrogens is 4. The summed E-state index contributed by atoms with van der Waals surface area (Å²) in [7, 11) is 0. The fourth-order valence-corrected chi connectivity index (χ4v) is 0.996. The summed E-state index contributed by atoms with van der Waals surface area (Å²) in [6.45, 7) is 4.26. The van der Waals surface area contributed by atoms with E-state index in [2.05, 4.69) is 34.5 Å². The number of hydrogen-bond donors (Lipinski definition) is 1. The zero-order valence-corrected chi connectivity index (χ0v) is 6.33. The number of H-pyrrole nitrogens is 1. The third-order valence-corrected chi connectivity index (χ3v) is 1.71. The van der Waals surface area contributed by atoms with E-state index in [4.69, 9.17) is 0 Å². The molecule has 1 rings (SSSR count). The Labute approximate surface area is 60.0 Å². The van der Waals surface area contributed by atoms with Crippen LogP contribution in [0.1, 0.15) is 38.4 Å². The number of nitrogens with zero attached hydrogens (tertiary/aromatic N) is 3.